The van der Waals surface area contributed by atoms with Gasteiger partial charge in [0.05, 0.1) is 0 Å². The van der Waals surface area contributed by atoms with Crippen LogP contribution in [0.5, 0.6) is 0 Å². The second kappa shape index (κ2) is 2.57. The number of nitrogens with two attached hydrogens (primary N) is 1. The van der Waals surface area contributed by atoms with Gasteiger partial charge in [-0.2, -0.15) is 0 Å². The monoisotopic (exact) mass is 171 g/mol. The van der Waals surface area contributed by atoms with Crippen LogP contribution in [0.1, 0.15) is 23.8 Å². The first-order valence-electron chi connectivity index (χ1n) is 3.77. The first kappa shape index (κ1) is 7.25. The van der Waals surface area contributed by atoms with Crippen molar-refractivity contribution in [2.75, 3.05) is 0 Å². The van der Waals surface area contributed by atoms with E-state index in [2.05, 4.69) is 0 Å². The Morgan fingerprint density at radius 2 is 2.36 bits per heavy atom. The van der Waals surface area contributed by atoms with Crippen molar-refractivity contribution < 1.29 is 4.39 Å². The van der Waals surface area contributed by atoms with E-state index < -0.39 is 0 Å². The molecule has 0 radical (unpaired) electrons. The van der Waals surface area contributed by atoms with Crippen molar-refractivity contribution >= 4 is 11.3 Å². The van der Waals surface area contributed by atoms with Crippen LogP contribution in [0.3, 0.4) is 0 Å². The van der Waals surface area contributed by atoms with Crippen LogP contribution in [0.15, 0.2) is 11.4 Å². The Morgan fingerprint density at radius 3 is 2.82 bits per heavy atom. The van der Waals surface area contributed by atoms with Crippen LogP contribution in [0.2, 0.25) is 0 Å². The molecule has 0 saturated heterocycles. The average molecular weight is 171 g/mol. The molecule has 0 spiro atoms. The molecule has 1 aromatic rings. The summed E-state index contributed by atoms with van der Waals surface area (Å²) in [5.41, 5.74) is 5.86. The highest BCUT2D eigenvalue weighted by Gasteiger charge is 2.30. The van der Waals surface area contributed by atoms with Crippen LogP contribution < -0.4 is 5.73 Å². The zero-order valence-electron chi connectivity index (χ0n) is 6.09. The van der Waals surface area contributed by atoms with Crippen LogP contribution in [-0.4, -0.2) is 0 Å². The summed E-state index contributed by atoms with van der Waals surface area (Å²) >= 11 is 1.43. The predicted molar refractivity (Wildman–Crippen MR) is 43.9 cm³/mol. The van der Waals surface area contributed by atoms with Crippen LogP contribution in [-0.2, 0) is 0 Å². The van der Waals surface area contributed by atoms with E-state index in [1.807, 2.05) is 0 Å². The van der Waals surface area contributed by atoms with Crippen LogP contribution >= 0.6 is 11.3 Å². The summed E-state index contributed by atoms with van der Waals surface area (Å²) in [6, 6.07) is 1.64. The molecule has 0 aromatic carbocycles. The predicted octanol–water partition coefficient (Wildman–Crippen LogP) is 2.30. The van der Waals surface area contributed by atoms with Crippen LogP contribution in [0, 0.1) is 11.7 Å². The fourth-order valence-corrected chi connectivity index (χ4v) is 2.04. The summed E-state index contributed by atoms with van der Waals surface area (Å²) < 4.78 is 12.5. The van der Waals surface area contributed by atoms with Crippen molar-refractivity contribution in [3.8, 4) is 0 Å². The molecule has 1 fully saturated rings. The highest BCUT2D eigenvalue weighted by molar-refractivity contribution is 7.10. The van der Waals surface area contributed by atoms with Gasteiger partial charge >= 0.3 is 0 Å². The standard InChI is InChI=1S/C8H10FNS/c9-6-3-7(11-4-6)8(10)5-1-2-5/h3-5,8H,1-2,10H2. The Hall–Kier alpha value is -0.410. The highest BCUT2D eigenvalue weighted by Crippen LogP contribution is 2.40. The number of hydrogen-bond donors (Lipinski definition) is 1. The molecule has 1 aliphatic carbocycles. The minimum absolute atomic E-state index is 0.0875. The molecule has 2 rings (SSSR count). The topological polar surface area (TPSA) is 26.0 Å². The lowest BCUT2D eigenvalue weighted by atomic mass is 10.2. The fraction of sp³-hybridized carbons (Fsp3) is 0.500. The lowest BCUT2D eigenvalue weighted by Crippen LogP contribution is -2.10. The molecule has 0 amide bonds. The summed E-state index contributed by atoms with van der Waals surface area (Å²) in [6.45, 7) is 0. The van der Waals surface area contributed by atoms with Gasteiger partial charge < -0.3 is 5.73 Å². The second-order valence-electron chi connectivity index (χ2n) is 3.03. The van der Waals surface area contributed by atoms with Gasteiger partial charge in [0, 0.05) is 16.3 Å². The Bertz CT molecular complexity index is 254. The lowest BCUT2D eigenvalue weighted by Gasteiger charge is -2.05. The summed E-state index contributed by atoms with van der Waals surface area (Å²) in [6.07, 6.45) is 2.42. The third kappa shape index (κ3) is 1.44. The molecule has 1 heterocycles. The number of thiophene rings is 1. The van der Waals surface area contributed by atoms with Gasteiger partial charge in [0.25, 0.3) is 0 Å². The van der Waals surface area contributed by atoms with Gasteiger partial charge in [0.15, 0.2) is 0 Å². The smallest absolute Gasteiger partial charge is 0.134 e. The van der Waals surface area contributed by atoms with Gasteiger partial charge in [-0.3, -0.25) is 0 Å². The molecule has 1 aliphatic rings. The molecule has 1 saturated carbocycles. The van der Waals surface area contributed by atoms with E-state index in [-0.39, 0.29) is 11.9 Å². The molecule has 3 heteroatoms. The minimum atomic E-state index is -0.152. The first-order chi connectivity index (χ1) is 5.27. The van der Waals surface area contributed by atoms with E-state index in [0.717, 1.165) is 4.88 Å². The summed E-state index contributed by atoms with van der Waals surface area (Å²) in [7, 11) is 0. The van der Waals surface area contributed by atoms with E-state index >= 15 is 0 Å². The van der Waals surface area contributed by atoms with Crippen molar-refractivity contribution in [3.63, 3.8) is 0 Å². The van der Waals surface area contributed by atoms with Crippen molar-refractivity contribution in [2.24, 2.45) is 11.7 Å². The molecular formula is C8H10FNS. The Balaban J connectivity index is 2.14. The van der Waals surface area contributed by atoms with Crippen molar-refractivity contribution in [1.82, 2.24) is 0 Å². The van der Waals surface area contributed by atoms with Crippen molar-refractivity contribution in [1.29, 1.82) is 0 Å². The van der Waals surface area contributed by atoms with Crippen LogP contribution in [0.25, 0.3) is 0 Å². The largest absolute Gasteiger partial charge is 0.323 e. The summed E-state index contributed by atoms with van der Waals surface area (Å²) in [5, 5.41) is 1.51. The van der Waals surface area contributed by atoms with E-state index in [1.165, 1.54) is 29.6 Å². The van der Waals surface area contributed by atoms with Crippen LogP contribution in [0.4, 0.5) is 4.39 Å². The molecule has 1 aromatic heterocycles. The Labute approximate surface area is 69.0 Å². The van der Waals surface area contributed by atoms with Crippen molar-refractivity contribution in [2.45, 2.75) is 18.9 Å². The third-order valence-corrected chi connectivity index (χ3v) is 3.05. The van der Waals surface area contributed by atoms with Gasteiger partial charge in [-0.15, -0.1) is 11.3 Å². The maximum Gasteiger partial charge on any atom is 0.134 e. The molecule has 0 bridgehead atoms. The molecule has 1 unspecified atom stereocenters. The normalized spacial score (nSPS) is 20.2. The lowest BCUT2D eigenvalue weighted by molar-refractivity contribution is 0.617. The molecule has 1 nitrogen and oxygen atoms in total. The van der Waals surface area contributed by atoms with Gasteiger partial charge in [-0.05, 0) is 24.8 Å². The van der Waals surface area contributed by atoms with Crippen molar-refractivity contribution in [3.05, 3.63) is 22.1 Å². The third-order valence-electron chi connectivity index (χ3n) is 2.05. The number of hydrogen-bond acceptors (Lipinski definition) is 2. The first-order valence-corrected chi connectivity index (χ1v) is 4.65. The van der Waals surface area contributed by atoms with Gasteiger partial charge in [0.1, 0.15) is 5.82 Å². The molecule has 2 N–H and O–H groups in total. The Kier molecular flexibility index (Phi) is 1.69. The highest BCUT2D eigenvalue weighted by atomic mass is 32.1. The summed E-state index contributed by atoms with van der Waals surface area (Å²) in [5.74, 6) is 0.467. The quantitative estimate of drug-likeness (QED) is 0.726. The maximum atomic E-state index is 12.5. The molecule has 11 heavy (non-hydrogen) atoms. The maximum absolute atomic E-state index is 12.5. The van der Waals surface area contributed by atoms with E-state index in [9.17, 15) is 4.39 Å². The van der Waals surface area contributed by atoms with Gasteiger partial charge in [-0.1, -0.05) is 0 Å². The van der Waals surface area contributed by atoms with E-state index in [0.29, 0.717) is 5.92 Å². The molecular weight excluding hydrogens is 161 g/mol. The number of rotatable bonds is 2. The average Bonchev–Trinajstić information content (AvgIpc) is 2.74. The SMILES string of the molecule is NC(c1cc(F)cs1)C1CC1. The second-order valence-corrected chi connectivity index (χ2v) is 3.97. The Morgan fingerprint density at radius 1 is 1.64 bits per heavy atom. The molecule has 1 atom stereocenters. The minimum Gasteiger partial charge on any atom is -0.323 e. The zero-order chi connectivity index (χ0) is 7.84. The van der Waals surface area contributed by atoms with E-state index in [4.69, 9.17) is 5.73 Å². The summed E-state index contributed by atoms with van der Waals surface area (Å²) in [4.78, 5) is 0.991. The van der Waals surface area contributed by atoms with Gasteiger partial charge in [0.2, 0.25) is 0 Å². The molecule has 0 aliphatic heterocycles. The van der Waals surface area contributed by atoms with Gasteiger partial charge in [-0.25, -0.2) is 4.39 Å². The number of halogens is 1. The molecule has 60 valence electrons. The van der Waals surface area contributed by atoms with E-state index in [1.54, 1.807) is 6.07 Å². The zero-order valence-corrected chi connectivity index (χ0v) is 6.90. The fourth-order valence-electron chi connectivity index (χ4n) is 1.19.